The van der Waals surface area contributed by atoms with Crippen molar-refractivity contribution in [2.24, 2.45) is 0 Å². The van der Waals surface area contributed by atoms with Crippen molar-refractivity contribution in [3.8, 4) is 0 Å². The van der Waals surface area contributed by atoms with E-state index in [9.17, 15) is 27.2 Å². The maximum atomic E-state index is 14.2. The van der Waals surface area contributed by atoms with Crippen LogP contribution in [0.4, 0.5) is 17.6 Å². The highest BCUT2D eigenvalue weighted by molar-refractivity contribution is 9.10. The molecule has 0 aliphatic rings. The Balaban J connectivity index is 3.32. The Morgan fingerprint density at radius 1 is 1.29 bits per heavy atom. The predicted octanol–water partition coefficient (Wildman–Crippen LogP) is 3.56. The zero-order valence-corrected chi connectivity index (χ0v) is 15.9. The quantitative estimate of drug-likeness (QED) is 0.422. The van der Waals surface area contributed by atoms with Crippen molar-refractivity contribution in [3.63, 3.8) is 0 Å². The molecule has 1 aromatic heterocycles. The fourth-order valence-electron chi connectivity index (χ4n) is 1.85. The molecule has 138 valence electrons. The zero-order chi connectivity index (χ0) is 18.9. The molecular formula is C14H19BrF4N2O2S. The van der Waals surface area contributed by atoms with Crippen LogP contribution in [0.2, 0.25) is 0 Å². The molecule has 10 heteroatoms. The number of rotatable bonds is 5. The van der Waals surface area contributed by atoms with Crippen molar-refractivity contribution in [2.45, 2.75) is 56.7 Å². The minimum absolute atomic E-state index is 0.204. The van der Waals surface area contributed by atoms with Crippen LogP contribution in [0.5, 0.6) is 0 Å². The molecule has 0 saturated carbocycles. The highest BCUT2D eigenvalue weighted by Gasteiger charge is 2.48. The van der Waals surface area contributed by atoms with Gasteiger partial charge in [0.15, 0.2) is 6.10 Å². The van der Waals surface area contributed by atoms with E-state index in [4.69, 9.17) is 0 Å². The molecule has 1 rings (SSSR count). The first-order valence-corrected chi connectivity index (χ1v) is 8.88. The second-order valence-electron chi connectivity index (χ2n) is 6.54. The molecule has 4 nitrogen and oxygen atoms in total. The first-order chi connectivity index (χ1) is 10.7. The maximum absolute atomic E-state index is 14.2. The summed E-state index contributed by atoms with van der Waals surface area (Å²) in [6.07, 6.45) is -8.57. The molecule has 0 amide bonds. The van der Waals surface area contributed by atoms with E-state index in [2.05, 4.69) is 25.6 Å². The van der Waals surface area contributed by atoms with E-state index in [1.165, 1.54) is 13.0 Å². The van der Waals surface area contributed by atoms with Crippen LogP contribution in [-0.4, -0.2) is 31.7 Å². The summed E-state index contributed by atoms with van der Waals surface area (Å²) < 4.78 is 66.7. The van der Waals surface area contributed by atoms with Crippen LogP contribution in [0.15, 0.2) is 16.7 Å². The molecule has 0 radical (unpaired) electrons. The molecule has 0 aromatic carbocycles. The summed E-state index contributed by atoms with van der Waals surface area (Å²) in [5.41, 5.74) is -2.17. The van der Waals surface area contributed by atoms with E-state index in [1.807, 2.05) is 0 Å². The molecule has 24 heavy (non-hydrogen) atoms. The van der Waals surface area contributed by atoms with Crippen molar-refractivity contribution in [1.29, 1.82) is 0 Å². The fourth-order valence-corrected chi connectivity index (χ4v) is 3.06. The maximum Gasteiger partial charge on any atom is 0.414 e. The number of hydrogen-bond acceptors (Lipinski definition) is 4. The standard InChI is InChI=1S/C14H19BrF4N2O2S/c1-12(2,3)24(23)21-13(4,7-9(22)14(17,18)19)11-8(16)5-6-10(15)20-11/h5-6,9,21-22H,7H2,1-4H3/t9-,13+,24?/m1/s1. The summed E-state index contributed by atoms with van der Waals surface area (Å²) in [6, 6.07) is 2.33. The van der Waals surface area contributed by atoms with Gasteiger partial charge in [-0.2, -0.15) is 13.2 Å². The van der Waals surface area contributed by atoms with Crippen LogP contribution >= 0.6 is 15.9 Å². The van der Waals surface area contributed by atoms with Crippen molar-refractivity contribution >= 4 is 27.3 Å². The summed E-state index contributed by atoms with van der Waals surface area (Å²) in [4.78, 5) is 3.88. The van der Waals surface area contributed by atoms with E-state index in [0.29, 0.717) is 0 Å². The number of alkyl halides is 3. The molecule has 0 aliphatic heterocycles. The Bertz CT molecular complexity index is 559. The zero-order valence-electron chi connectivity index (χ0n) is 13.5. The predicted molar refractivity (Wildman–Crippen MR) is 87.0 cm³/mol. The number of hydrogen-bond donors (Lipinski definition) is 2. The lowest BCUT2D eigenvalue weighted by Gasteiger charge is -2.36. The molecule has 0 bridgehead atoms. The van der Waals surface area contributed by atoms with Gasteiger partial charge in [0.05, 0.1) is 0 Å². The molecule has 0 aliphatic carbocycles. The van der Waals surface area contributed by atoms with Gasteiger partial charge in [-0.1, -0.05) is 0 Å². The largest absolute Gasteiger partial charge is 0.598 e. The van der Waals surface area contributed by atoms with Gasteiger partial charge < -0.3 is 9.66 Å². The molecule has 2 N–H and O–H groups in total. The number of pyridine rings is 1. The Labute approximate surface area is 149 Å². The molecular weight excluding hydrogens is 416 g/mol. The van der Waals surface area contributed by atoms with Crippen LogP contribution in [0, 0.1) is 5.82 Å². The summed E-state index contributed by atoms with van der Waals surface area (Å²) in [5.74, 6) is -0.867. The molecule has 0 fully saturated rings. The lowest BCUT2D eigenvalue weighted by atomic mass is 9.90. The Hall–Kier alpha value is -0.420. The normalized spacial score (nSPS) is 18.1. The minimum Gasteiger partial charge on any atom is -0.598 e. The third-order valence-corrected chi connectivity index (χ3v) is 5.38. The van der Waals surface area contributed by atoms with E-state index < -0.39 is 46.2 Å². The fraction of sp³-hybridized carbons (Fsp3) is 0.643. The van der Waals surface area contributed by atoms with E-state index in [1.54, 1.807) is 20.8 Å². The third kappa shape index (κ3) is 5.55. The summed E-state index contributed by atoms with van der Waals surface area (Å²) in [6.45, 7) is 6.06. The van der Waals surface area contributed by atoms with Gasteiger partial charge in [-0.05, 0) is 55.8 Å². The van der Waals surface area contributed by atoms with Crippen molar-refractivity contribution in [3.05, 3.63) is 28.2 Å². The van der Waals surface area contributed by atoms with Gasteiger partial charge in [0.2, 0.25) is 0 Å². The van der Waals surface area contributed by atoms with E-state index in [-0.39, 0.29) is 10.3 Å². The van der Waals surface area contributed by atoms with Crippen LogP contribution in [-0.2, 0) is 16.9 Å². The average Bonchev–Trinajstić information content (AvgIpc) is 2.39. The topological polar surface area (TPSA) is 68.2 Å². The number of nitrogens with one attached hydrogen (secondary N) is 1. The van der Waals surface area contributed by atoms with Gasteiger partial charge in [0.25, 0.3) is 0 Å². The molecule has 0 saturated heterocycles. The second-order valence-corrected chi connectivity index (χ2v) is 9.32. The smallest absolute Gasteiger partial charge is 0.414 e. The van der Waals surface area contributed by atoms with E-state index >= 15 is 0 Å². The number of halogens is 5. The van der Waals surface area contributed by atoms with Crippen LogP contribution < -0.4 is 4.72 Å². The minimum atomic E-state index is -4.89. The lowest BCUT2D eigenvalue weighted by Crippen LogP contribution is -2.53. The first-order valence-electron chi connectivity index (χ1n) is 6.94. The lowest BCUT2D eigenvalue weighted by molar-refractivity contribution is -0.209. The van der Waals surface area contributed by atoms with Crippen LogP contribution in [0.1, 0.15) is 39.8 Å². The second kappa shape index (κ2) is 7.45. The summed E-state index contributed by atoms with van der Waals surface area (Å²) in [7, 11) is 0. The van der Waals surface area contributed by atoms with Crippen LogP contribution in [0.25, 0.3) is 0 Å². The van der Waals surface area contributed by atoms with Crippen molar-refractivity contribution in [2.75, 3.05) is 0 Å². The van der Waals surface area contributed by atoms with Gasteiger partial charge in [-0.25, -0.2) is 9.37 Å². The number of nitrogens with zero attached hydrogens (tertiary/aromatic N) is 1. The highest BCUT2D eigenvalue weighted by atomic mass is 79.9. The molecule has 1 unspecified atom stereocenters. The number of aliphatic hydroxyl groups is 1. The molecule has 3 atom stereocenters. The average molecular weight is 435 g/mol. The highest BCUT2D eigenvalue weighted by Crippen LogP contribution is 2.35. The van der Waals surface area contributed by atoms with Gasteiger partial charge in [-0.3, -0.25) is 0 Å². The van der Waals surface area contributed by atoms with Gasteiger partial charge >= 0.3 is 6.18 Å². The summed E-state index contributed by atoms with van der Waals surface area (Å²) >= 11 is 1.22. The van der Waals surface area contributed by atoms with Gasteiger partial charge in [0, 0.05) is 17.8 Å². The number of aromatic nitrogens is 1. The van der Waals surface area contributed by atoms with E-state index in [0.717, 1.165) is 6.07 Å². The third-order valence-electron chi connectivity index (χ3n) is 3.19. The molecule has 1 heterocycles. The van der Waals surface area contributed by atoms with Gasteiger partial charge in [0.1, 0.15) is 26.4 Å². The Morgan fingerprint density at radius 3 is 2.29 bits per heavy atom. The molecule has 0 spiro atoms. The first kappa shape index (κ1) is 21.6. The Kier molecular flexibility index (Phi) is 6.71. The van der Waals surface area contributed by atoms with Crippen LogP contribution in [0.3, 0.4) is 0 Å². The SMILES string of the molecule is CC(C)(C)[S+]([O-])N[C@@](C)(C[C@@H](O)C(F)(F)F)c1nc(Br)ccc1F. The summed E-state index contributed by atoms with van der Waals surface area (Å²) in [5, 5.41) is 9.43. The van der Waals surface area contributed by atoms with Gasteiger partial charge in [-0.15, -0.1) is 4.72 Å². The Morgan fingerprint density at radius 2 is 1.83 bits per heavy atom. The van der Waals surface area contributed by atoms with Crippen molar-refractivity contribution in [1.82, 2.24) is 9.71 Å². The monoisotopic (exact) mass is 434 g/mol. The number of aliphatic hydroxyl groups excluding tert-OH is 1. The van der Waals surface area contributed by atoms with Crippen molar-refractivity contribution < 1.29 is 27.2 Å². The molecule has 1 aromatic rings.